The molecule has 0 unspecified atom stereocenters. The van der Waals surface area contributed by atoms with Gasteiger partial charge in [0.25, 0.3) is 0 Å². The summed E-state index contributed by atoms with van der Waals surface area (Å²) in [4.78, 5) is 13.1. The van der Waals surface area contributed by atoms with Crippen LogP contribution in [0.3, 0.4) is 0 Å². The van der Waals surface area contributed by atoms with Crippen LogP contribution in [0, 0.1) is 0 Å². The number of aliphatic hydroxyl groups excluding tert-OH is 2. The lowest BCUT2D eigenvalue weighted by Gasteiger charge is -2.27. The normalized spacial score (nSPS) is 13.4. The van der Waals surface area contributed by atoms with Gasteiger partial charge in [0.15, 0.2) is 0 Å². The molecular formula is C11H23NO4. The van der Waals surface area contributed by atoms with Gasteiger partial charge in [-0.3, -0.25) is 0 Å². The highest BCUT2D eigenvalue weighted by Gasteiger charge is 2.21. The van der Waals surface area contributed by atoms with Crippen molar-refractivity contribution in [3.05, 3.63) is 0 Å². The van der Waals surface area contributed by atoms with E-state index in [0.29, 0.717) is 13.0 Å². The molecule has 0 aromatic carbocycles. The third kappa shape index (κ3) is 7.48. The second-order valence-corrected chi connectivity index (χ2v) is 4.83. The molecule has 96 valence electrons. The molecule has 0 fully saturated rings. The smallest absolute Gasteiger partial charge is 0.410 e. The Morgan fingerprint density at radius 3 is 2.31 bits per heavy atom. The minimum absolute atomic E-state index is 0.112. The quantitative estimate of drug-likeness (QED) is 0.743. The Hall–Kier alpha value is -0.810. The van der Waals surface area contributed by atoms with Crippen molar-refractivity contribution in [2.75, 3.05) is 19.7 Å². The van der Waals surface area contributed by atoms with Crippen LogP contribution in [0.25, 0.3) is 0 Å². The zero-order chi connectivity index (χ0) is 12.8. The second kappa shape index (κ2) is 6.70. The van der Waals surface area contributed by atoms with Crippen molar-refractivity contribution in [3.63, 3.8) is 0 Å². The van der Waals surface area contributed by atoms with Crippen molar-refractivity contribution in [3.8, 4) is 0 Å². The van der Waals surface area contributed by atoms with Crippen molar-refractivity contribution in [2.45, 2.75) is 45.8 Å². The molecule has 0 saturated heterocycles. The monoisotopic (exact) mass is 233 g/mol. The number of hydrogen-bond donors (Lipinski definition) is 2. The zero-order valence-electron chi connectivity index (χ0n) is 10.6. The highest BCUT2D eigenvalue weighted by Crippen LogP contribution is 2.10. The average molecular weight is 233 g/mol. The summed E-state index contributed by atoms with van der Waals surface area (Å²) in [5.41, 5.74) is -0.546. The van der Waals surface area contributed by atoms with Crippen molar-refractivity contribution in [2.24, 2.45) is 0 Å². The van der Waals surface area contributed by atoms with Crippen LogP contribution in [0.4, 0.5) is 4.79 Å². The number of ether oxygens (including phenoxy) is 1. The first kappa shape index (κ1) is 15.2. The molecule has 1 amide bonds. The molecule has 2 N–H and O–H groups in total. The fourth-order valence-corrected chi connectivity index (χ4v) is 1.08. The average Bonchev–Trinajstić information content (AvgIpc) is 2.08. The number of aliphatic hydroxyl groups is 2. The standard InChI is InChI=1S/C11H23NO4/c1-9(14)5-6-12(7-8-13)10(15)16-11(2,3)4/h9,13-14H,5-8H2,1-4H3/t9-/m1/s1. The lowest BCUT2D eigenvalue weighted by molar-refractivity contribution is 0.0194. The van der Waals surface area contributed by atoms with Crippen molar-refractivity contribution in [1.29, 1.82) is 0 Å². The Balaban J connectivity index is 4.23. The summed E-state index contributed by atoms with van der Waals surface area (Å²) in [5.74, 6) is 0. The molecule has 0 bridgehead atoms. The molecular weight excluding hydrogens is 210 g/mol. The van der Waals surface area contributed by atoms with Gasteiger partial charge in [0.1, 0.15) is 5.60 Å². The van der Waals surface area contributed by atoms with E-state index in [1.807, 2.05) is 0 Å². The van der Waals surface area contributed by atoms with Crippen LogP contribution in [-0.4, -0.2) is 52.6 Å². The van der Waals surface area contributed by atoms with E-state index in [-0.39, 0.29) is 13.2 Å². The summed E-state index contributed by atoms with van der Waals surface area (Å²) in [5, 5.41) is 18.0. The van der Waals surface area contributed by atoms with Gasteiger partial charge < -0.3 is 19.8 Å². The van der Waals surface area contributed by atoms with Crippen molar-refractivity contribution < 1.29 is 19.7 Å². The maximum absolute atomic E-state index is 11.7. The van der Waals surface area contributed by atoms with E-state index >= 15 is 0 Å². The van der Waals surface area contributed by atoms with Gasteiger partial charge in [-0.25, -0.2) is 4.79 Å². The van der Waals surface area contributed by atoms with Crippen LogP contribution in [0.1, 0.15) is 34.1 Å². The Kier molecular flexibility index (Phi) is 6.36. The van der Waals surface area contributed by atoms with Crippen LogP contribution in [0.2, 0.25) is 0 Å². The molecule has 16 heavy (non-hydrogen) atoms. The van der Waals surface area contributed by atoms with Crippen LogP contribution < -0.4 is 0 Å². The second-order valence-electron chi connectivity index (χ2n) is 4.83. The largest absolute Gasteiger partial charge is 0.444 e. The maximum Gasteiger partial charge on any atom is 0.410 e. The first-order chi connectivity index (χ1) is 7.26. The van der Waals surface area contributed by atoms with Gasteiger partial charge in [-0.05, 0) is 34.1 Å². The van der Waals surface area contributed by atoms with Gasteiger partial charge in [0.05, 0.1) is 12.7 Å². The molecule has 0 aliphatic heterocycles. The SMILES string of the molecule is C[C@@H](O)CCN(CCO)C(=O)OC(C)(C)C. The molecule has 0 rings (SSSR count). The van der Waals surface area contributed by atoms with E-state index in [0.717, 1.165) is 0 Å². The molecule has 0 aliphatic rings. The predicted molar refractivity (Wildman–Crippen MR) is 61.2 cm³/mol. The number of amides is 1. The first-order valence-corrected chi connectivity index (χ1v) is 5.53. The van der Waals surface area contributed by atoms with Crippen LogP contribution >= 0.6 is 0 Å². The van der Waals surface area contributed by atoms with Gasteiger partial charge in [-0.15, -0.1) is 0 Å². The van der Waals surface area contributed by atoms with Crippen molar-refractivity contribution in [1.82, 2.24) is 4.90 Å². The predicted octanol–water partition coefficient (Wildman–Crippen LogP) is 0.987. The summed E-state index contributed by atoms with van der Waals surface area (Å²) in [6.07, 6.45) is -0.454. The van der Waals surface area contributed by atoms with Crippen LogP contribution in [0.5, 0.6) is 0 Å². The summed E-state index contributed by atoms with van der Waals surface area (Å²) >= 11 is 0. The summed E-state index contributed by atoms with van der Waals surface area (Å²) < 4.78 is 5.18. The fourth-order valence-electron chi connectivity index (χ4n) is 1.08. The molecule has 0 aliphatic carbocycles. The van der Waals surface area contributed by atoms with Gasteiger partial charge >= 0.3 is 6.09 Å². The zero-order valence-corrected chi connectivity index (χ0v) is 10.6. The molecule has 0 aromatic rings. The van der Waals surface area contributed by atoms with E-state index in [4.69, 9.17) is 14.9 Å². The minimum Gasteiger partial charge on any atom is -0.444 e. The first-order valence-electron chi connectivity index (χ1n) is 5.53. The Morgan fingerprint density at radius 1 is 1.38 bits per heavy atom. The number of rotatable bonds is 5. The summed E-state index contributed by atoms with van der Waals surface area (Å²) in [6.45, 7) is 7.52. The van der Waals surface area contributed by atoms with E-state index < -0.39 is 17.8 Å². The number of nitrogens with zero attached hydrogens (tertiary/aromatic N) is 1. The Bertz CT molecular complexity index is 211. The Morgan fingerprint density at radius 2 is 1.94 bits per heavy atom. The molecule has 0 aromatic heterocycles. The molecule has 5 nitrogen and oxygen atoms in total. The number of carbonyl (C=O) groups is 1. The topological polar surface area (TPSA) is 70.0 Å². The van der Waals surface area contributed by atoms with Crippen molar-refractivity contribution >= 4 is 6.09 Å². The summed E-state index contributed by atoms with van der Waals surface area (Å²) in [6, 6.07) is 0. The van der Waals surface area contributed by atoms with Gasteiger partial charge in [-0.2, -0.15) is 0 Å². The highest BCUT2D eigenvalue weighted by atomic mass is 16.6. The van der Waals surface area contributed by atoms with Gasteiger partial charge in [-0.1, -0.05) is 0 Å². The van der Waals surface area contributed by atoms with Crippen LogP contribution in [-0.2, 0) is 4.74 Å². The molecule has 5 heteroatoms. The van der Waals surface area contributed by atoms with E-state index in [1.54, 1.807) is 27.7 Å². The lowest BCUT2D eigenvalue weighted by atomic mass is 10.2. The lowest BCUT2D eigenvalue weighted by Crippen LogP contribution is -2.39. The van der Waals surface area contributed by atoms with E-state index in [9.17, 15) is 4.79 Å². The third-order valence-corrected chi connectivity index (χ3v) is 1.84. The maximum atomic E-state index is 11.7. The number of hydrogen-bond acceptors (Lipinski definition) is 4. The van der Waals surface area contributed by atoms with E-state index in [2.05, 4.69) is 0 Å². The van der Waals surface area contributed by atoms with E-state index in [1.165, 1.54) is 4.90 Å². The molecule has 1 atom stereocenters. The minimum atomic E-state index is -0.546. The highest BCUT2D eigenvalue weighted by molar-refractivity contribution is 5.68. The van der Waals surface area contributed by atoms with Gasteiger partial charge in [0, 0.05) is 13.1 Å². The molecule has 0 spiro atoms. The molecule has 0 radical (unpaired) electrons. The molecule has 0 saturated carbocycles. The third-order valence-electron chi connectivity index (χ3n) is 1.84. The van der Waals surface area contributed by atoms with Gasteiger partial charge in [0.2, 0.25) is 0 Å². The Labute approximate surface area is 97.0 Å². The fraction of sp³-hybridized carbons (Fsp3) is 0.909. The van der Waals surface area contributed by atoms with Crippen LogP contribution in [0.15, 0.2) is 0 Å². The summed E-state index contributed by atoms with van der Waals surface area (Å²) in [7, 11) is 0. The number of carbonyl (C=O) groups excluding carboxylic acids is 1. The molecule has 0 heterocycles.